The van der Waals surface area contributed by atoms with E-state index in [1.165, 1.54) is 0 Å². The van der Waals surface area contributed by atoms with Crippen LogP contribution in [0.2, 0.25) is 0 Å². The van der Waals surface area contributed by atoms with Crippen molar-refractivity contribution in [3.63, 3.8) is 0 Å². The van der Waals surface area contributed by atoms with Crippen LogP contribution in [0.1, 0.15) is 34.6 Å². The van der Waals surface area contributed by atoms with Gasteiger partial charge in [-0.05, 0) is 34.6 Å². The van der Waals surface area contributed by atoms with Crippen LogP contribution in [0.3, 0.4) is 0 Å². The molecule has 17 heavy (non-hydrogen) atoms. The minimum absolute atomic E-state index is 0.139. The van der Waals surface area contributed by atoms with Crippen molar-refractivity contribution in [2.45, 2.75) is 45.8 Å². The lowest BCUT2D eigenvalue weighted by atomic mass is 10.1. The fourth-order valence-electron chi connectivity index (χ4n) is 1.11. The van der Waals surface area contributed by atoms with Gasteiger partial charge in [-0.1, -0.05) is 0 Å². The van der Waals surface area contributed by atoms with Crippen molar-refractivity contribution in [3.05, 3.63) is 0 Å². The third-order valence-corrected chi connectivity index (χ3v) is 1.68. The van der Waals surface area contributed by atoms with E-state index in [0.717, 1.165) is 0 Å². The van der Waals surface area contributed by atoms with E-state index in [2.05, 4.69) is 10.6 Å². The third kappa shape index (κ3) is 9.62. The number of hydrogen-bond donors (Lipinski definition) is 3. The van der Waals surface area contributed by atoms with Crippen LogP contribution in [0.15, 0.2) is 0 Å². The maximum atomic E-state index is 11.5. The molecule has 0 aromatic carbocycles. The van der Waals surface area contributed by atoms with Gasteiger partial charge in [0.2, 0.25) is 0 Å². The van der Waals surface area contributed by atoms with E-state index in [4.69, 9.17) is 9.84 Å². The lowest BCUT2D eigenvalue weighted by molar-refractivity contribution is -0.135. The van der Waals surface area contributed by atoms with Crippen molar-refractivity contribution in [2.24, 2.45) is 0 Å². The van der Waals surface area contributed by atoms with Gasteiger partial charge in [-0.3, -0.25) is 4.79 Å². The molecule has 0 rings (SSSR count). The van der Waals surface area contributed by atoms with Crippen LogP contribution in [0.4, 0.5) is 4.79 Å². The van der Waals surface area contributed by atoms with Gasteiger partial charge in [0.05, 0.1) is 12.1 Å². The topological polar surface area (TPSA) is 87.7 Å². The average Bonchev–Trinajstić information content (AvgIpc) is 1.96. The van der Waals surface area contributed by atoms with E-state index in [-0.39, 0.29) is 6.54 Å². The standard InChI is InChI=1S/C11H22N2O4/c1-10(2,3)17-9(16)13-11(4,5)7-12-6-8(14)15/h12H,6-7H2,1-5H3,(H,13,16)(H,14,15). The Balaban J connectivity index is 4.07. The number of alkyl carbamates (subject to hydrolysis) is 1. The van der Waals surface area contributed by atoms with E-state index in [1.807, 2.05) is 0 Å². The molecule has 6 nitrogen and oxygen atoms in total. The van der Waals surface area contributed by atoms with Crippen LogP contribution in [0.5, 0.6) is 0 Å². The van der Waals surface area contributed by atoms with Crippen LogP contribution in [-0.2, 0) is 9.53 Å². The molecule has 6 heteroatoms. The first-order valence-corrected chi connectivity index (χ1v) is 5.45. The Morgan fingerprint density at radius 3 is 2.12 bits per heavy atom. The zero-order chi connectivity index (χ0) is 13.7. The summed E-state index contributed by atoms with van der Waals surface area (Å²) in [6.45, 7) is 9.11. The Morgan fingerprint density at radius 2 is 1.71 bits per heavy atom. The van der Waals surface area contributed by atoms with E-state index >= 15 is 0 Å². The second-order valence-corrected chi connectivity index (χ2v) is 5.51. The number of carbonyl (C=O) groups excluding carboxylic acids is 1. The molecule has 0 fully saturated rings. The predicted octanol–water partition coefficient (Wildman–Crippen LogP) is 0.964. The molecule has 0 aromatic heterocycles. The first-order valence-electron chi connectivity index (χ1n) is 5.45. The monoisotopic (exact) mass is 246 g/mol. The number of carbonyl (C=O) groups is 2. The van der Waals surface area contributed by atoms with Crippen molar-refractivity contribution in [1.82, 2.24) is 10.6 Å². The SMILES string of the molecule is CC(C)(CNCC(=O)O)NC(=O)OC(C)(C)C. The molecular weight excluding hydrogens is 224 g/mol. The van der Waals surface area contributed by atoms with Gasteiger partial charge in [0, 0.05) is 6.54 Å². The minimum Gasteiger partial charge on any atom is -0.480 e. The summed E-state index contributed by atoms with van der Waals surface area (Å²) in [5.74, 6) is -0.932. The summed E-state index contributed by atoms with van der Waals surface area (Å²) in [5.41, 5.74) is -1.12. The lowest BCUT2D eigenvalue weighted by Gasteiger charge is -2.28. The molecule has 0 atom stereocenters. The first kappa shape index (κ1) is 15.7. The Kier molecular flexibility index (Phi) is 5.41. The number of hydrogen-bond acceptors (Lipinski definition) is 4. The first-order chi connectivity index (χ1) is 7.52. The highest BCUT2D eigenvalue weighted by molar-refractivity contribution is 5.69. The second kappa shape index (κ2) is 5.86. The predicted molar refractivity (Wildman–Crippen MR) is 64.0 cm³/mol. The van der Waals surface area contributed by atoms with Gasteiger partial charge >= 0.3 is 12.1 Å². The highest BCUT2D eigenvalue weighted by Gasteiger charge is 2.24. The molecule has 0 aliphatic carbocycles. The van der Waals surface area contributed by atoms with Crippen LogP contribution in [0, 0.1) is 0 Å². The zero-order valence-electron chi connectivity index (χ0n) is 11.1. The summed E-state index contributed by atoms with van der Waals surface area (Å²) < 4.78 is 5.11. The number of carboxylic acids is 1. The third-order valence-electron chi connectivity index (χ3n) is 1.68. The average molecular weight is 246 g/mol. The van der Waals surface area contributed by atoms with E-state index in [1.54, 1.807) is 34.6 Å². The van der Waals surface area contributed by atoms with Crippen molar-refractivity contribution in [3.8, 4) is 0 Å². The molecule has 100 valence electrons. The largest absolute Gasteiger partial charge is 0.480 e. The molecule has 0 radical (unpaired) electrons. The van der Waals surface area contributed by atoms with Gasteiger partial charge < -0.3 is 20.5 Å². The van der Waals surface area contributed by atoms with E-state index in [0.29, 0.717) is 6.54 Å². The maximum absolute atomic E-state index is 11.5. The Morgan fingerprint density at radius 1 is 1.18 bits per heavy atom. The maximum Gasteiger partial charge on any atom is 0.408 e. The summed E-state index contributed by atoms with van der Waals surface area (Å²) in [6, 6.07) is 0. The Labute approximate surface area is 102 Å². The highest BCUT2D eigenvalue weighted by atomic mass is 16.6. The summed E-state index contributed by atoms with van der Waals surface area (Å²) in [7, 11) is 0. The molecule has 0 unspecified atom stereocenters. The Hall–Kier alpha value is -1.30. The number of aliphatic carboxylic acids is 1. The van der Waals surface area contributed by atoms with Crippen LogP contribution < -0.4 is 10.6 Å². The molecule has 0 aliphatic heterocycles. The smallest absolute Gasteiger partial charge is 0.408 e. The fourth-order valence-corrected chi connectivity index (χ4v) is 1.11. The molecule has 0 bridgehead atoms. The van der Waals surface area contributed by atoms with Gasteiger partial charge in [0.15, 0.2) is 0 Å². The van der Waals surface area contributed by atoms with Crippen molar-refractivity contribution >= 4 is 12.1 Å². The van der Waals surface area contributed by atoms with Crippen molar-refractivity contribution < 1.29 is 19.4 Å². The molecule has 3 N–H and O–H groups in total. The highest BCUT2D eigenvalue weighted by Crippen LogP contribution is 2.08. The molecule has 0 saturated carbocycles. The van der Waals surface area contributed by atoms with Crippen LogP contribution in [-0.4, -0.2) is 41.4 Å². The van der Waals surface area contributed by atoms with Gasteiger partial charge in [-0.15, -0.1) is 0 Å². The molecule has 0 saturated heterocycles. The van der Waals surface area contributed by atoms with Crippen molar-refractivity contribution in [1.29, 1.82) is 0 Å². The Bertz CT molecular complexity index is 282. The minimum atomic E-state index is -0.932. The molecule has 0 spiro atoms. The van der Waals surface area contributed by atoms with E-state index in [9.17, 15) is 9.59 Å². The molecular formula is C11H22N2O4. The van der Waals surface area contributed by atoms with Crippen molar-refractivity contribution in [2.75, 3.05) is 13.1 Å². The normalized spacial score (nSPS) is 12.1. The van der Waals surface area contributed by atoms with Gasteiger partial charge in [0.1, 0.15) is 5.60 Å². The van der Waals surface area contributed by atoms with Crippen LogP contribution >= 0.6 is 0 Å². The van der Waals surface area contributed by atoms with E-state index < -0.39 is 23.2 Å². The number of nitrogens with one attached hydrogen (secondary N) is 2. The lowest BCUT2D eigenvalue weighted by Crippen LogP contribution is -2.52. The quantitative estimate of drug-likeness (QED) is 0.672. The fraction of sp³-hybridized carbons (Fsp3) is 0.818. The second-order valence-electron chi connectivity index (χ2n) is 5.51. The molecule has 0 aromatic rings. The number of amides is 1. The number of rotatable bonds is 5. The summed E-state index contributed by atoms with van der Waals surface area (Å²) in [4.78, 5) is 21.8. The van der Waals surface area contributed by atoms with Gasteiger partial charge in [-0.25, -0.2) is 4.79 Å². The van der Waals surface area contributed by atoms with Crippen LogP contribution in [0.25, 0.3) is 0 Å². The molecule has 0 heterocycles. The number of ether oxygens (including phenoxy) is 1. The molecule has 1 amide bonds. The molecule has 0 aliphatic rings. The summed E-state index contributed by atoms with van der Waals surface area (Å²) >= 11 is 0. The summed E-state index contributed by atoms with van der Waals surface area (Å²) in [6.07, 6.45) is -0.514. The zero-order valence-corrected chi connectivity index (χ0v) is 11.1. The number of carboxylic acid groups (broad SMARTS) is 1. The summed E-state index contributed by atoms with van der Waals surface area (Å²) in [5, 5.41) is 13.9. The van der Waals surface area contributed by atoms with Gasteiger partial charge in [-0.2, -0.15) is 0 Å². The van der Waals surface area contributed by atoms with Gasteiger partial charge in [0.25, 0.3) is 0 Å².